The number of piperazine rings is 1. The van der Waals surface area contributed by atoms with Crippen LogP contribution in [0.3, 0.4) is 0 Å². The molecule has 2 amide bonds. The van der Waals surface area contributed by atoms with Crippen molar-refractivity contribution in [2.45, 2.75) is 13.0 Å². The zero-order valence-electron chi connectivity index (χ0n) is 16.3. The summed E-state index contributed by atoms with van der Waals surface area (Å²) in [7, 11) is 0. The fourth-order valence-corrected chi connectivity index (χ4v) is 4.19. The zero-order chi connectivity index (χ0) is 20.8. The number of benzene rings is 1. The molecule has 0 spiro atoms. The van der Waals surface area contributed by atoms with Gasteiger partial charge in [-0.15, -0.1) is 11.3 Å². The molecule has 3 N–H and O–H groups in total. The first-order valence-electron chi connectivity index (χ1n) is 9.47. The normalized spacial score (nSPS) is 16.3. The maximum atomic E-state index is 12.6. The zero-order valence-corrected chi connectivity index (χ0v) is 17.8. The average Bonchev–Trinajstić information content (AvgIpc) is 3.18. The summed E-state index contributed by atoms with van der Waals surface area (Å²) in [5.41, 5.74) is 5.68. The van der Waals surface area contributed by atoms with Crippen molar-refractivity contribution in [1.82, 2.24) is 9.80 Å². The van der Waals surface area contributed by atoms with Crippen LogP contribution < -0.4 is 15.8 Å². The predicted octanol–water partition coefficient (Wildman–Crippen LogP) is 2.52. The van der Waals surface area contributed by atoms with Gasteiger partial charge in [0.05, 0.1) is 16.6 Å². The lowest BCUT2D eigenvalue weighted by molar-refractivity contribution is -0.121. The van der Waals surface area contributed by atoms with Gasteiger partial charge in [-0.2, -0.15) is 0 Å². The third kappa shape index (κ3) is 5.70. The van der Waals surface area contributed by atoms with Crippen LogP contribution in [0.5, 0.6) is 5.75 Å². The lowest BCUT2D eigenvalue weighted by atomic mass is 10.2. The second kappa shape index (κ2) is 10.1. The third-order valence-corrected chi connectivity index (χ3v) is 6.15. The quantitative estimate of drug-likeness (QED) is 0.663. The topological polar surface area (TPSA) is 87.9 Å². The molecule has 1 aliphatic rings. The summed E-state index contributed by atoms with van der Waals surface area (Å²) in [5.74, 6) is 0.0225. The SMILES string of the molecule is CC(C(=O)Nc1sccc1C(N)=O)N1CCN(CCOc2ccccc2Cl)CC1. The van der Waals surface area contributed by atoms with Gasteiger partial charge in [0.25, 0.3) is 5.91 Å². The van der Waals surface area contributed by atoms with E-state index >= 15 is 0 Å². The van der Waals surface area contributed by atoms with Crippen LogP contribution in [0.15, 0.2) is 35.7 Å². The van der Waals surface area contributed by atoms with Crippen LogP contribution in [-0.2, 0) is 4.79 Å². The maximum absolute atomic E-state index is 12.6. The molecule has 3 rings (SSSR count). The predicted molar refractivity (Wildman–Crippen MR) is 116 cm³/mol. The summed E-state index contributed by atoms with van der Waals surface area (Å²) in [6.07, 6.45) is 0. The Bertz CT molecular complexity index is 852. The van der Waals surface area contributed by atoms with Crippen molar-refractivity contribution in [3.05, 3.63) is 46.3 Å². The minimum absolute atomic E-state index is 0.134. The number of hydrogen-bond donors (Lipinski definition) is 2. The number of nitrogens with zero attached hydrogens (tertiary/aromatic N) is 2. The molecule has 29 heavy (non-hydrogen) atoms. The van der Waals surface area contributed by atoms with Gasteiger partial charge in [-0.1, -0.05) is 23.7 Å². The van der Waals surface area contributed by atoms with Gasteiger partial charge in [-0.3, -0.25) is 19.4 Å². The summed E-state index contributed by atoms with van der Waals surface area (Å²) in [6.45, 7) is 6.53. The van der Waals surface area contributed by atoms with Crippen LogP contribution >= 0.6 is 22.9 Å². The maximum Gasteiger partial charge on any atom is 0.251 e. The van der Waals surface area contributed by atoms with Gasteiger partial charge in [-0.05, 0) is 30.5 Å². The number of halogens is 1. The van der Waals surface area contributed by atoms with E-state index in [9.17, 15) is 9.59 Å². The van der Waals surface area contributed by atoms with Gasteiger partial charge < -0.3 is 15.8 Å². The number of para-hydroxylation sites is 1. The van der Waals surface area contributed by atoms with E-state index in [1.807, 2.05) is 31.2 Å². The van der Waals surface area contributed by atoms with Crippen LogP contribution in [0.1, 0.15) is 17.3 Å². The van der Waals surface area contributed by atoms with Crippen LogP contribution in [-0.4, -0.2) is 67.0 Å². The first kappa shape index (κ1) is 21.6. The summed E-state index contributed by atoms with van der Waals surface area (Å²) in [4.78, 5) is 28.4. The van der Waals surface area contributed by atoms with Gasteiger partial charge in [0.2, 0.25) is 5.91 Å². The van der Waals surface area contributed by atoms with E-state index < -0.39 is 5.91 Å². The van der Waals surface area contributed by atoms with E-state index in [2.05, 4.69) is 15.1 Å². The molecule has 1 aromatic heterocycles. The van der Waals surface area contributed by atoms with Crippen molar-refractivity contribution >= 4 is 39.8 Å². The van der Waals surface area contributed by atoms with Crippen LogP contribution in [0.25, 0.3) is 0 Å². The molecule has 9 heteroatoms. The molecule has 1 aliphatic heterocycles. The molecule has 2 heterocycles. The fraction of sp³-hybridized carbons (Fsp3) is 0.400. The summed E-state index contributed by atoms with van der Waals surface area (Å²) >= 11 is 7.40. The minimum Gasteiger partial charge on any atom is -0.491 e. The van der Waals surface area contributed by atoms with Gasteiger partial charge >= 0.3 is 0 Å². The molecule has 2 aromatic rings. The number of anilines is 1. The molecule has 156 valence electrons. The number of ether oxygens (including phenoxy) is 1. The monoisotopic (exact) mass is 436 g/mol. The number of carbonyl (C=O) groups is 2. The van der Waals surface area contributed by atoms with Crippen molar-refractivity contribution in [2.24, 2.45) is 5.73 Å². The Morgan fingerprint density at radius 2 is 1.97 bits per heavy atom. The number of thiophene rings is 1. The Labute approximate surface area is 179 Å². The molecule has 1 aromatic carbocycles. The van der Waals surface area contributed by atoms with Gasteiger partial charge in [0.1, 0.15) is 17.4 Å². The number of rotatable bonds is 8. The van der Waals surface area contributed by atoms with Gasteiger partial charge in [-0.25, -0.2) is 0 Å². The molecule has 1 fully saturated rings. The first-order valence-corrected chi connectivity index (χ1v) is 10.7. The Kier molecular flexibility index (Phi) is 7.49. The van der Waals surface area contributed by atoms with Crippen molar-refractivity contribution in [2.75, 3.05) is 44.6 Å². The Morgan fingerprint density at radius 3 is 2.66 bits per heavy atom. The Morgan fingerprint density at radius 1 is 1.24 bits per heavy atom. The molecular weight excluding hydrogens is 412 g/mol. The number of nitrogens with two attached hydrogens (primary N) is 1. The van der Waals surface area contributed by atoms with Crippen LogP contribution in [0.4, 0.5) is 5.00 Å². The molecule has 1 saturated heterocycles. The molecule has 0 bridgehead atoms. The largest absolute Gasteiger partial charge is 0.491 e. The minimum atomic E-state index is -0.540. The van der Waals surface area contributed by atoms with Crippen LogP contribution in [0, 0.1) is 0 Å². The number of carbonyl (C=O) groups excluding carboxylic acids is 2. The fourth-order valence-electron chi connectivity index (χ4n) is 3.20. The van der Waals surface area contributed by atoms with Gasteiger partial charge in [0.15, 0.2) is 0 Å². The highest BCUT2D eigenvalue weighted by Crippen LogP contribution is 2.24. The smallest absolute Gasteiger partial charge is 0.251 e. The van der Waals surface area contributed by atoms with Gasteiger partial charge in [0, 0.05) is 32.7 Å². The summed E-state index contributed by atoms with van der Waals surface area (Å²) in [6, 6.07) is 8.77. The number of nitrogens with one attached hydrogen (secondary N) is 1. The summed E-state index contributed by atoms with van der Waals surface area (Å²) in [5, 5.41) is 5.69. The highest BCUT2D eigenvalue weighted by atomic mass is 35.5. The van der Waals surface area contributed by atoms with Crippen molar-refractivity contribution in [3.63, 3.8) is 0 Å². The molecule has 0 aliphatic carbocycles. The highest BCUT2D eigenvalue weighted by molar-refractivity contribution is 7.14. The van der Waals surface area contributed by atoms with Crippen molar-refractivity contribution in [3.8, 4) is 5.75 Å². The van der Waals surface area contributed by atoms with E-state index in [-0.39, 0.29) is 11.9 Å². The number of hydrogen-bond acceptors (Lipinski definition) is 6. The van der Waals surface area contributed by atoms with E-state index in [0.717, 1.165) is 32.7 Å². The average molecular weight is 437 g/mol. The second-order valence-corrected chi connectivity index (χ2v) is 8.17. The van der Waals surface area contributed by atoms with E-state index in [1.54, 1.807) is 11.4 Å². The lowest BCUT2D eigenvalue weighted by Gasteiger charge is -2.37. The van der Waals surface area contributed by atoms with Crippen molar-refractivity contribution in [1.29, 1.82) is 0 Å². The third-order valence-electron chi connectivity index (χ3n) is 5.00. The van der Waals surface area contributed by atoms with Crippen molar-refractivity contribution < 1.29 is 14.3 Å². The first-order chi connectivity index (χ1) is 14.0. The molecule has 7 nitrogen and oxygen atoms in total. The standard InChI is InChI=1S/C20H25ClN4O3S/c1-14(19(27)23-20-15(18(22)26)6-13-29-20)25-9-7-24(8-10-25)11-12-28-17-5-3-2-4-16(17)21/h2-6,13-14H,7-12H2,1H3,(H2,22,26)(H,23,27). The van der Waals surface area contributed by atoms with Crippen LogP contribution in [0.2, 0.25) is 5.02 Å². The number of primary amides is 1. The molecule has 1 unspecified atom stereocenters. The molecule has 0 saturated carbocycles. The molecule has 1 atom stereocenters. The molecular formula is C20H25ClN4O3S. The summed E-state index contributed by atoms with van der Waals surface area (Å²) < 4.78 is 5.75. The Balaban J connectivity index is 1.42. The lowest BCUT2D eigenvalue weighted by Crippen LogP contribution is -2.53. The number of amides is 2. The second-order valence-electron chi connectivity index (χ2n) is 6.85. The Hall–Kier alpha value is -2.13. The molecule has 0 radical (unpaired) electrons. The highest BCUT2D eigenvalue weighted by Gasteiger charge is 2.26. The van der Waals surface area contributed by atoms with E-state index in [4.69, 9.17) is 22.1 Å². The van der Waals surface area contributed by atoms with E-state index in [1.165, 1.54) is 11.3 Å². The van der Waals surface area contributed by atoms with E-state index in [0.29, 0.717) is 27.9 Å².